The van der Waals surface area contributed by atoms with Gasteiger partial charge in [0, 0.05) is 17.5 Å². The van der Waals surface area contributed by atoms with Gasteiger partial charge < -0.3 is 9.73 Å². The minimum absolute atomic E-state index is 0.0148. The fraction of sp³-hybridized carbons (Fsp3) is 0.312. The predicted molar refractivity (Wildman–Crippen MR) is 73.0 cm³/mol. The molecule has 1 aliphatic rings. The van der Waals surface area contributed by atoms with Crippen LogP contribution in [0.3, 0.4) is 0 Å². The van der Waals surface area contributed by atoms with Crippen molar-refractivity contribution in [1.29, 1.82) is 0 Å². The van der Waals surface area contributed by atoms with E-state index in [1.54, 1.807) is 6.26 Å². The summed E-state index contributed by atoms with van der Waals surface area (Å²) in [5.41, 5.74) is 3.00. The van der Waals surface area contributed by atoms with Crippen LogP contribution in [0.5, 0.6) is 0 Å². The number of aryl methyl sites for hydroxylation is 2. The Morgan fingerprint density at radius 3 is 2.84 bits per heavy atom. The van der Waals surface area contributed by atoms with Gasteiger partial charge in [-0.15, -0.1) is 0 Å². The van der Waals surface area contributed by atoms with Gasteiger partial charge in [0.15, 0.2) is 0 Å². The highest BCUT2D eigenvalue weighted by molar-refractivity contribution is 5.94. The Balaban J connectivity index is 1.76. The zero-order valence-electron chi connectivity index (χ0n) is 11.0. The molecule has 0 radical (unpaired) electrons. The lowest BCUT2D eigenvalue weighted by Gasteiger charge is -2.22. The van der Waals surface area contributed by atoms with Gasteiger partial charge in [-0.3, -0.25) is 4.79 Å². The van der Waals surface area contributed by atoms with Crippen LogP contribution in [0, 0.1) is 6.92 Å². The highest BCUT2D eigenvalue weighted by atomic mass is 16.3. The van der Waals surface area contributed by atoms with Crippen LogP contribution in [0.1, 0.15) is 46.1 Å². The summed E-state index contributed by atoms with van der Waals surface area (Å²) in [7, 11) is 0. The molecule has 3 nitrogen and oxygen atoms in total. The summed E-state index contributed by atoms with van der Waals surface area (Å²) in [5.74, 6) is 1.000. The maximum absolute atomic E-state index is 12.2. The van der Waals surface area contributed by atoms with E-state index in [0.29, 0.717) is 5.56 Å². The molecule has 1 atom stereocenters. The van der Waals surface area contributed by atoms with Gasteiger partial charge in [0.05, 0.1) is 12.3 Å². The lowest BCUT2D eigenvalue weighted by molar-refractivity contribution is 0.0932. The molecule has 0 spiro atoms. The molecular weight excluding hydrogens is 238 g/mol. The minimum Gasteiger partial charge on any atom is -0.469 e. The van der Waals surface area contributed by atoms with Crippen molar-refractivity contribution in [3.63, 3.8) is 0 Å². The normalized spacial score (nSPS) is 17.8. The standard InChI is InChI=1S/C16H17NO2/c1-11-5-7-12(8-6-11)16(18)17-14-3-2-4-15-13(14)9-10-19-15/h5-10,14H,2-4H2,1H3,(H,17,18)/t14-/m1/s1. The number of fused-ring (bicyclic) bond motifs is 1. The summed E-state index contributed by atoms with van der Waals surface area (Å²) in [6, 6.07) is 9.69. The number of amides is 1. The van der Waals surface area contributed by atoms with Crippen LogP contribution in [-0.2, 0) is 6.42 Å². The van der Waals surface area contributed by atoms with Crippen LogP contribution in [0.25, 0.3) is 0 Å². The molecule has 0 saturated heterocycles. The third-order valence-electron chi connectivity index (χ3n) is 3.67. The fourth-order valence-electron chi connectivity index (χ4n) is 2.58. The van der Waals surface area contributed by atoms with Crippen LogP contribution in [0.2, 0.25) is 0 Å². The molecule has 2 aromatic rings. The van der Waals surface area contributed by atoms with Crippen LogP contribution >= 0.6 is 0 Å². The lowest BCUT2D eigenvalue weighted by Crippen LogP contribution is -2.30. The molecular formula is C16H17NO2. The molecule has 1 aromatic carbocycles. The van der Waals surface area contributed by atoms with E-state index in [4.69, 9.17) is 4.42 Å². The topological polar surface area (TPSA) is 42.2 Å². The highest BCUT2D eigenvalue weighted by Crippen LogP contribution is 2.30. The zero-order chi connectivity index (χ0) is 13.2. The number of rotatable bonds is 2. The predicted octanol–water partition coefficient (Wildman–Crippen LogP) is 3.40. The van der Waals surface area contributed by atoms with E-state index in [0.717, 1.165) is 36.1 Å². The Kier molecular flexibility index (Phi) is 3.11. The summed E-state index contributed by atoms with van der Waals surface area (Å²) in [5, 5.41) is 3.10. The Labute approximate surface area is 112 Å². The molecule has 0 unspecified atom stereocenters. The second-order valence-corrected chi connectivity index (χ2v) is 5.08. The van der Waals surface area contributed by atoms with Gasteiger partial charge >= 0.3 is 0 Å². The van der Waals surface area contributed by atoms with Crippen molar-refractivity contribution < 1.29 is 9.21 Å². The second kappa shape index (κ2) is 4.92. The number of hydrogen-bond acceptors (Lipinski definition) is 2. The van der Waals surface area contributed by atoms with Crippen LogP contribution in [-0.4, -0.2) is 5.91 Å². The Morgan fingerprint density at radius 1 is 1.26 bits per heavy atom. The molecule has 0 saturated carbocycles. The van der Waals surface area contributed by atoms with E-state index in [1.165, 1.54) is 0 Å². The van der Waals surface area contributed by atoms with Gasteiger partial charge in [-0.2, -0.15) is 0 Å². The van der Waals surface area contributed by atoms with Crippen molar-refractivity contribution in [3.8, 4) is 0 Å². The first-order chi connectivity index (χ1) is 9.24. The molecule has 0 bridgehead atoms. The summed E-state index contributed by atoms with van der Waals surface area (Å²) in [6.45, 7) is 2.01. The summed E-state index contributed by atoms with van der Waals surface area (Å²) >= 11 is 0. The third-order valence-corrected chi connectivity index (χ3v) is 3.67. The maximum Gasteiger partial charge on any atom is 0.251 e. The monoisotopic (exact) mass is 255 g/mol. The molecule has 0 fully saturated rings. The van der Waals surface area contributed by atoms with Crippen molar-refractivity contribution in [1.82, 2.24) is 5.32 Å². The second-order valence-electron chi connectivity index (χ2n) is 5.08. The number of carbonyl (C=O) groups is 1. The first-order valence-corrected chi connectivity index (χ1v) is 6.68. The van der Waals surface area contributed by atoms with E-state index < -0.39 is 0 Å². The minimum atomic E-state index is -0.0148. The molecule has 1 heterocycles. The third kappa shape index (κ3) is 2.41. The van der Waals surface area contributed by atoms with Crippen molar-refractivity contribution >= 4 is 5.91 Å². The van der Waals surface area contributed by atoms with E-state index in [2.05, 4.69) is 5.32 Å². The number of nitrogens with one attached hydrogen (secondary N) is 1. The molecule has 1 aliphatic carbocycles. The largest absolute Gasteiger partial charge is 0.469 e. The Hall–Kier alpha value is -2.03. The van der Waals surface area contributed by atoms with Crippen molar-refractivity contribution in [2.45, 2.75) is 32.2 Å². The van der Waals surface area contributed by atoms with Gasteiger partial charge in [-0.1, -0.05) is 17.7 Å². The molecule has 1 N–H and O–H groups in total. The zero-order valence-corrected chi connectivity index (χ0v) is 11.0. The summed E-state index contributed by atoms with van der Waals surface area (Å²) in [6.07, 6.45) is 4.71. The quantitative estimate of drug-likeness (QED) is 0.893. The molecule has 1 amide bonds. The lowest BCUT2D eigenvalue weighted by atomic mass is 9.93. The number of benzene rings is 1. The number of hydrogen-bond donors (Lipinski definition) is 1. The van der Waals surface area contributed by atoms with Crippen LogP contribution in [0.4, 0.5) is 0 Å². The molecule has 3 heteroatoms. The van der Waals surface area contributed by atoms with Crippen LogP contribution < -0.4 is 5.32 Å². The van der Waals surface area contributed by atoms with Crippen molar-refractivity contribution in [2.24, 2.45) is 0 Å². The van der Waals surface area contributed by atoms with Gasteiger partial charge in [-0.05, 0) is 38.0 Å². The Bertz CT molecular complexity index is 583. The van der Waals surface area contributed by atoms with E-state index in [9.17, 15) is 4.79 Å². The van der Waals surface area contributed by atoms with E-state index >= 15 is 0 Å². The molecule has 0 aliphatic heterocycles. The van der Waals surface area contributed by atoms with Crippen LogP contribution in [0.15, 0.2) is 41.0 Å². The highest BCUT2D eigenvalue weighted by Gasteiger charge is 2.24. The SMILES string of the molecule is Cc1ccc(C(=O)N[C@@H]2CCCc3occc32)cc1. The number of furan rings is 1. The smallest absolute Gasteiger partial charge is 0.251 e. The average Bonchev–Trinajstić information content (AvgIpc) is 2.89. The van der Waals surface area contributed by atoms with Gasteiger partial charge in [0.25, 0.3) is 5.91 Å². The van der Waals surface area contributed by atoms with Crippen molar-refractivity contribution in [2.75, 3.05) is 0 Å². The molecule has 98 valence electrons. The van der Waals surface area contributed by atoms with Gasteiger partial charge in [-0.25, -0.2) is 0 Å². The summed E-state index contributed by atoms with van der Waals surface area (Å²) in [4.78, 5) is 12.2. The maximum atomic E-state index is 12.2. The molecule has 19 heavy (non-hydrogen) atoms. The van der Waals surface area contributed by atoms with Gasteiger partial charge in [0.2, 0.25) is 0 Å². The summed E-state index contributed by atoms with van der Waals surface area (Å²) < 4.78 is 5.44. The molecule has 1 aromatic heterocycles. The first-order valence-electron chi connectivity index (χ1n) is 6.68. The van der Waals surface area contributed by atoms with E-state index in [-0.39, 0.29) is 11.9 Å². The first kappa shape index (κ1) is 12.0. The Morgan fingerprint density at radius 2 is 2.05 bits per heavy atom. The van der Waals surface area contributed by atoms with Crippen molar-refractivity contribution in [3.05, 3.63) is 59.0 Å². The average molecular weight is 255 g/mol. The fourth-order valence-corrected chi connectivity index (χ4v) is 2.58. The molecule has 3 rings (SSSR count). The van der Waals surface area contributed by atoms with E-state index in [1.807, 2.05) is 37.3 Å². The van der Waals surface area contributed by atoms with Gasteiger partial charge in [0.1, 0.15) is 5.76 Å². The number of carbonyl (C=O) groups excluding carboxylic acids is 1.